The molecule has 0 bridgehead atoms. The minimum Gasteiger partial charge on any atom is -0.311 e. The van der Waals surface area contributed by atoms with Gasteiger partial charge < -0.3 is 5.32 Å². The first-order valence-electron chi connectivity index (χ1n) is 7.81. The van der Waals surface area contributed by atoms with E-state index in [2.05, 4.69) is 64.8 Å². The van der Waals surface area contributed by atoms with E-state index in [1.54, 1.807) is 0 Å². The summed E-state index contributed by atoms with van der Waals surface area (Å²) in [5.74, 6) is 0.771. The summed E-state index contributed by atoms with van der Waals surface area (Å²) in [6, 6.07) is 1.29. The molecule has 2 nitrogen and oxygen atoms in total. The lowest BCUT2D eigenvalue weighted by atomic mass is 9.84. The Labute approximate surface area is 120 Å². The second-order valence-electron chi connectivity index (χ2n) is 7.85. The Bertz CT molecular complexity index is 295. The van der Waals surface area contributed by atoms with E-state index < -0.39 is 0 Å². The minimum absolute atomic E-state index is 0.339. The van der Waals surface area contributed by atoms with Gasteiger partial charge in [-0.3, -0.25) is 4.90 Å². The van der Waals surface area contributed by atoms with Crippen LogP contribution in [0.4, 0.5) is 0 Å². The van der Waals surface area contributed by atoms with Crippen molar-refractivity contribution in [2.24, 2.45) is 11.3 Å². The van der Waals surface area contributed by atoms with Gasteiger partial charge in [-0.15, -0.1) is 0 Å². The highest BCUT2D eigenvalue weighted by Crippen LogP contribution is 2.25. The number of piperazine rings is 1. The average Bonchev–Trinajstić information content (AvgIpc) is 2.25. The number of hydrogen-bond donors (Lipinski definition) is 1. The van der Waals surface area contributed by atoms with Gasteiger partial charge in [0, 0.05) is 31.7 Å². The Hall–Kier alpha value is -0.340. The Balaban J connectivity index is 2.71. The van der Waals surface area contributed by atoms with Crippen LogP contribution in [0, 0.1) is 11.3 Å². The van der Waals surface area contributed by atoms with Crippen LogP contribution in [-0.2, 0) is 0 Å². The molecule has 0 aromatic rings. The second-order valence-corrected chi connectivity index (χ2v) is 7.85. The van der Waals surface area contributed by atoms with Crippen LogP contribution in [0.15, 0.2) is 11.6 Å². The number of nitrogens with one attached hydrogen (secondary N) is 1. The molecule has 1 rings (SSSR count). The highest BCUT2D eigenvalue weighted by Gasteiger charge is 2.33. The molecule has 1 aliphatic rings. The van der Waals surface area contributed by atoms with Gasteiger partial charge >= 0.3 is 0 Å². The molecule has 1 aliphatic heterocycles. The zero-order chi connectivity index (χ0) is 14.6. The molecule has 2 heteroatoms. The molecule has 2 unspecified atom stereocenters. The lowest BCUT2D eigenvalue weighted by molar-refractivity contribution is 0.0849. The van der Waals surface area contributed by atoms with E-state index in [9.17, 15) is 0 Å². The van der Waals surface area contributed by atoms with Gasteiger partial charge in [-0.25, -0.2) is 0 Å². The molecule has 1 heterocycles. The first kappa shape index (κ1) is 16.7. The van der Waals surface area contributed by atoms with E-state index >= 15 is 0 Å². The van der Waals surface area contributed by atoms with Crippen molar-refractivity contribution >= 4 is 0 Å². The summed E-state index contributed by atoms with van der Waals surface area (Å²) in [7, 11) is 0. The second kappa shape index (κ2) is 6.90. The van der Waals surface area contributed by atoms with Crippen LogP contribution in [0.1, 0.15) is 54.9 Å². The van der Waals surface area contributed by atoms with Crippen molar-refractivity contribution in [2.75, 3.05) is 19.6 Å². The van der Waals surface area contributed by atoms with Gasteiger partial charge in [-0.05, 0) is 31.6 Å². The first-order valence-corrected chi connectivity index (χ1v) is 7.81. The van der Waals surface area contributed by atoms with Gasteiger partial charge in [0.1, 0.15) is 0 Å². The molecule has 0 spiro atoms. The summed E-state index contributed by atoms with van der Waals surface area (Å²) >= 11 is 0. The zero-order valence-corrected chi connectivity index (χ0v) is 14.1. The number of nitrogens with zero attached hydrogens (tertiary/aromatic N) is 1. The van der Waals surface area contributed by atoms with Crippen molar-refractivity contribution in [3.05, 3.63) is 11.6 Å². The molecular weight excluding hydrogens is 232 g/mol. The molecule has 19 heavy (non-hydrogen) atoms. The topological polar surface area (TPSA) is 15.3 Å². The molecule has 1 saturated heterocycles. The lowest BCUT2D eigenvalue weighted by Crippen LogP contribution is -2.60. The highest BCUT2D eigenvalue weighted by molar-refractivity contribution is 4.99. The molecule has 112 valence electrons. The average molecular weight is 266 g/mol. The summed E-state index contributed by atoms with van der Waals surface area (Å²) in [4.78, 5) is 2.68. The van der Waals surface area contributed by atoms with Crippen LogP contribution in [-0.4, -0.2) is 36.6 Å². The van der Waals surface area contributed by atoms with Gasteiger partial charge in [0.25, 0.3) is 0 Å². The third-order valence-corrected chi connectivity index (χ3v) is 4.06. The van der Waals surface area contributed by atoms with E-state index in [0.29, 0.717) is 17.5 Å². The van der Waals surface area contributed by atoms with E-state index in [1.807, 2.05) is 0 Å². The highest BCUT2D eigenvalue weighted by atomic mass is 15.2. The Morgan fingerprint density at radius 2 is 1.95 bits per heavy atom. The molecule has 0 aromatic carbocycles. The number of rotatable bonds is 4. The number of hydrogen-bond acceptors (Lipinski definition) is 2. The maximum Gasteiger partial charge on any atom is 0.0244 e. The molecule has 0 saturated carbocycles. The molecule has 0 radical (unpaired) electrons. The van der Waals surface area contributed by atoms with Crippen molar-refractivity contribution < 1.29 is 0 Å². The summed E-state index contributed by atoms with van der Waals surface area (Å²) in [5, 5.41) is 3.77. The largest absolute Gasteiger partial charge is 0.311 e. The van der Waals surface area contributed by atoms with Gasteiger partial charge in [0.15, 0.2) is 0 Å². The Morgan fingerprint density at radius 3 is 2.42 bits per heavy atom. The fourth-order valence-corrected chi connectivity index (χ4v) is 2.74. The fourth-order valence-electron chi connectivity index (χ4n) is 2.74. The van der Waals surface area contributed by atoms with Crippen molar-refractivity contribution in [2.45, 2.75) is 67.0 Å². The van der Waals surface area contributed by atoms with Gasteiger partial charge in [-0.1, -0.05) is 46.3 Å². The quantitative estimate of drug-likeness (QED) is 0.781. The van der Waals surface area contributed by atoms with E-state index in [4.69, 9.17) is 0 Å². The summed E-state index contributed by atoms with van der Waals surface area (Å²) in [6.45, 7) is 19.5. The molecule has 1 N–H and O–H groups in total. The van der Waals surface area contributed by atoms with Gasteiger partial charge in [-0.2, -0.15) is 0 Å². The van der Waals surface area contributed by atoms with Crippen LogP contribution in [0.25, 0.3) is 0 Å². The maximum absolute atomic E-state index is 3.77. The summed E-state index contributed by atoms with van der Waals surface area (Å²) in [6.07, 6.45) is 3.67. The van der Waals surface area contributed by atoms with Crippen molar-refractivity contribution in [3.63, 3.8) is 0 Å². The fraction of sp³-hybridized carbons (Fsp3) is 0.882. The zero-order valence-electron chi connectivity index (χ0n) is 14.1. The maximum atomic E-state index is 3.77. The molecular formula is C17H34N2. The van der Waals surface area contributed by atoms with E-state index in [-0.39, 0.29) is 0 Å². The Morgan fingerprint density at radius 1 is 1.32 bits per heavy atom. The smallest absolute Gasteiger partial charge is 0.0244 e. The monoisotopic (exact) mass is 266 g/mol. The standard InChI is InChI=1S/C17H34N2/c1-13(2)8-9-19-12-16(17(5,6)7)18-11-15(19)10-14(3)4/h8,14-16,18H,9-12H2,1-7H3. The minimum atomic E-state index is 0.339. The van der Waals surface area contributed by atoms with Crippen LogP contribution >= 0.6 is 0 Å². The summed E-state index contributed by atoms with van der Waals surface area (Å²) < 4.78 is 0. The predicted molar refractivity (Wildman–Crippen MR) is 85.5 cm³/mol. The molecule has 1 fully saturated rings. The van der Waals surface area contributed by atoms with Crippen molar-refractivity contribution in [1.82, 2.24) is 10.2 Å². The van der Waals surface area contributed by atoms with Crippen LogP contribution < -0.4 is 5.32 Å². The third kappa shape index (κ3) is 5.66. The lowest BCUT2D eigenvalue weighted by Gasteiger charge is -2.45. The summed E-state index contributed by atoms with van der Waals surface area (Å²) in [5.41, 5.74) is 1.76. The SMILES string of the molecule is CC(C)=CCN1CC(C(C)(C)C)NCC1CC(C)C. The van der Waals surface area contributed by atoms with Gasteiger partial charge in [0.2, 0.25) is 0 Å². The van der Waals surface area contributed by atoms with Crippen LogP contribution in [0.5, 0.6) is 0 Å². The molecule has 0 aromatic heterocycles. The van der Waals surface area contributed by atoms with Gasteiger partial charge in [0.05, 0.1) is 0 Å². The first-order chi connectivity index (χ1) is 8.70. The van der Waals surface area contributed by atoms with Crippen LogP contribution in [0.3, 0.4) is 0 Å². The number of allylic oxidation sites excluding steroid dienone is 1. The van der Waals surface area contributed by atoms with E-state index in [1.165, 1.54) is 18.5 Å². The van der Waals surface area contributed by atoms with E-state index in [0.717, 1.165) is 19.0 Å². The normalized spacial score (nSPS) is 25.7. The van der Waals surface area contributed by atoms with Crippen molar-refractivity contribution in [3.8, 4) is 0 Å². The molecule has 2 atom stereocenters. The Kier molecular flexibility index (Phi) is 6.07. The van der Waals surface area contributed by atoms with Crippen LogP contribution in [0.2, 0.25) is 0 Å². The molecule has 0 amide bonds. The third-order valence-electron chi connectivity index (χ3n) is 4.06. The van der Waals surface area contributed by atoms with Crippen molar-refractivity contribution in [1.29, 1.82) is 0 Å². The predicted octanol–water partition coefficient (Wildman–Crippen LogP) is 3.69. The molecule has 0 aliphatic carbocycles.